The van der Waals surface area contributed by atoms with Crippen molar-refractivity contribution in [3.05, 3.63) is 35.4 Å². The van der Waals surface area contributed by atoms with E-state index in [9.17, 15) is 0 Å². The predicted molar refractivity (Wildman–Crippen MR) is 72.8 cm³/mol. The minimum absolute atomic E-state index is 0.842. The van der Waals surface area contributed by atoms with E-state index in [0.29, 0.717) is 0 Å². The second-order valence-electron chi connectivity index (χ2n) is 4.81. The number of hydrogen-bond acceptors (Lipinski definition) is 1. The molecule has 1 heteroatoms. The van der Waals surface area contributed by atoms with Gasteiger partial charge in [0.25, 0.3) is 0 Å². The molecule has 0 bridgehead atoms. The third-order valence-electron chi connectivity index (χ3n) is 3.31. The van der Waals surface area contributed by atoms with Gasteiger partial charge in [0.1, 0.15) is 0 Å². The summed E-state index contributed by atoms with van der Waals surface area (Å²) in [5, 5.41) is 3.52. The van der Waals surface area contributed by atoms with Gasteiger partial charge < -0.3 is 5.32 Å². The molecule has 0 saturated heterocycles. The van der Waals surface area contributed by atoms with Crippen LogP contribution in [0.3, 0.4) is 0 Å². The van der Waals surface area contributed by atoms with E-state index in [1.54, 1.807) is 5.56 Å². The highest BCUT2D eigenvalue weighted by Crippen LogP contribution is 2.41. The number of benzene rings is 1. The lowest BCUT2D eigenvalue weighted by molar-refractivity contribution is 0.627. The SMILES string of the molecule is C#CCCCCNCc1ccccc1C1CC1. The lowest BCUT2D eigenvalue weighted by atomic mass is 10.0. The van der Waals surface area contributed by atoms with Crippen molar-refractivity contribution in [3.63, 3.8) is 0 Å². The van der Waals surface area contributed by atoms with Gasteiger partial charge in [-0.05, 0) is 49.3 Å². The van der Waals surface area contributed by atoms with Gasteiger partial charge in [-0.15, -0.1) is 12.3 Å². The molecule has 1 aromatic carbocycles. The second-order valence-corrected chi connectivity index (χ2v) is 4.81. The van der Waals surface area contributed by atoms with Crippen LogP contribution < -0.4 is 5.32 Å². The molecular weight excluding hydrogens is 206 g/mol. The van der Waals surface area contributed by atoms with E-state index in [4.69, 9.17) is 6.42 Å². The molecule has 1 aromatic rings. The normalized spacial score (nSPS) is 14.5. The van der Waals surface area contributed by atoms with E-state index in [2.05, 4.69) is 35.5 Å². The van der Waals surface area contributed by atoms with Crippen LogP contribution in [-0.4, -0.2) is 6.54 Å². The molecule has 0 spiro atoms. The Bertz CT molecular complexity index is 385. The van der Waals surface area contributed by atoms with Gasteiger partial charge in [0.2, 0.25) is 0 Å². The molecular formula is C16H21N. The van der Waals surface area contributed by atoms with Gasteiger partial charge in [-0.3, -0.25) is 0 Å². The summed E-state index contributed by atoms with van der Waals surface area (Å²) in [5.41, 5.74) is 3.04. The first-order valence-electron chi connectivity index (χ1n) is 6.64. The Hall–Kier alpha value is -1.26. The molecule has 1 nitrogen and oxygen atoms in total. The first-order chi connectivity index (χ1) is 8.42. The first-order valence-corrected chi connectivity index (χ1v) is 6.64. The lowest BCUT2D eigenvalue weighted by Crippen LogP contribution is -2.15. The van der Waals surface area contributed by atoms with Gasteiger partial charge in [-0.1, -0.05) is 24.3 Å². The largest absolute Gasteiger partial charge is 0.313 e. The number of unbranched alkanes of at least 4 members (excludes halogenated alkanes) is 2. The number of hydrogen-bond donors (Lipinski definition) is 1. The van der Waals surface area contributed by atoms with Crippen LogP contribution in [0, 0.1) is 12.3 Å². The van der Waals surface area contributed by atoms with Gasteiger partial charge in [0.05, 0.1) is 0 Å². The van der Waals surface area contributed by atoms with Crippen molar-refractivity contribution >= 4 is 0 Å². The van der Waals surface area contributed by atoms with Crippen LogP contribution in [0.2, 0.25) is 0 Å². The molecule has 0 aliphatic heterocycles. The van der Waals surface area contributed by atoms with Gasteiger partial charge in [0.15, 0.2) is 0 Å². The Morgan fingerprint density at radius 1 is 1.24 bits per heavy atom. The molecule has 1 aliphatic carbocycles. The molecule has 1 saturated carbocycles. The van der Waals surface area contributed by atoms with Gasteiger partial charge in [0, 0.05) is 13.0 Å². The smallest absolute Gasteiger partial charge is 0.0208 e. The summed E-state index contributed by atoms with van der Waals surface area (Å²) in [6, 6.07) is 8.83. The molecule has 0 amide bonds. The zero-order valence-corrected chi connectivity index (χ0v) is 10.4. The standard InChI is InChI=1S/C16H21N/c1-2-3-4-7-12-17-13-15-8-5-6-9-16(15)14-10-11-14/h1,5-6,8-9,14,17H,3-4,7,10-13H2. The van der Waals surface area contributed by atoms with Gasteiger partial charge in [-0.2, -0.15) is 0 Å². The summed E-state index contributed by atoms with van der Waals surface area (Å²) >= 11 is 0. The molecule has 0 aromatic heterocycles. The minimum atomic E-state index is 0.842. The number of rotatable bonds is 7. The molecule has 0 atom stereocenters. The molecule has 90 valence electrons. The van der Waals surface area contributed by atoms with E-state index in [-0.39, 0.29) is 0 Å². The number of terminal acetylenes is 1. The third kappa shape index (κ3) is 3.91. The lowest BCUT2D eigenvalue weighted by Gasteiger charge is -2.09. The summed E-state index contributed by atoms with van der Waals surface area (Å²) in [6.07, 6.45) is 11.2. The van der Waals surface area contributed by atoms with Crippen LogP contribution in [0.1, 0.15) is 49.1 Å². The van der Waals surface area contributed by atoms with E-state index < -0.39 is 0 Å². The van der Waals surface area contributed by atoms with Crippen molar-refractivity contribution in [1.29, 1.82) is 0 Å². The van der Waals surface area contributed by atoms with Gasteiger partial charge in [-0.25, -0.2) is 0 Å². The molecule has 1 fully saturated rings. The van der Waals surface area contributed by atoms with Crippen molar-refractivity contribution in [1.82, 2.24) is 5.32 Å². The van der Waals surface area contributed by atoms with E-state index >= 15 is 0 Å². The Balaban J connectivity index is 1.73. The zero-order valence-electron chi connectivity index (χ0n) is 10.4. The quantitative estimate of drug-likeness (QED) is 0.555. The van der Waals surface area contributed by atoms with Crippen molar-refractivity contribution < 1.29 is 0 Å². The maximum atomic E-state index is 5.22. The first kappa shape index (κ1) is 12.2. The van der Waals surface area contributed by atoms with Crippen molar-refractivity contribution in [3.8, 4) is 12.3 Å². The molecule has 1 aliphatic rings. The highest BCUT2D eigenvalue weighted by Gasteiger charge is 2.25. The zero-order chi connectivity index (χ0) is 11.9. The highest BCUT2D eigenvalue weighted by molar-refractivity contribution is 5.33. The fourth-order valence-electron chi connectivity index (χ4n) is 2.19. The van der Waals surface area contributed by atoms with Crippen molar-refractivity contribution in [2.75, 3.05) is 6.54 Å². The molecule has 0 radical (unpaired) electrons. The monoisotopic (exact) mass is 227 g/mol. The fraction of sp³-hybridized carbons (Fsp3) is 0.500. The van der Waals surface area contributed by atoms with Crippen LogP contribution in [0.4, 0.5) is 0 Å². The Morgan fingerprint density at radius 3 is 2.82 bits per heavy atom. The van der Waals surface area contributed by atoms with Crippen LogP contribution in [0.25, 0.3) is 0 Å². The summed E-state index contributed by atoms with van der Waals surface area (Å²) in [5.74, 6) is 3.52. The molecule has 1 N–H and O–H groups in total. The summed E-state index contributed by atoms with van der Waals surface area (Å²) in [7, 11) is 0. The fourth-order valence-corrected chi connectivity index (χ4v) is 2.19. The van der Waals surface area contributed by atoms with Crippen LogP contribution >= 0.6 is 0 Å². The van der Waals surface area contributed by atoms with Gasteiger partial charge >= 0.3 is 0 Å². The number of nitrogens with one attached hydrogen (secondary N) is 1. The third-order valence-corrected chi connectivity index (χ3v) is 3.31. The maximum Gasteiger partial charge on any atom is 0.0208 e. The predicted octanol–water partition coefficient (Wildman–Crippen LogP) is 3.46. The Morgan fingerprint density at radius 2 is 2.06 bits per heavy atom. The van der Waals surface area contributed by atoms with Crippen LogP contribution in [0.15, 0.2) is 24.3 Å². The topological polar surface area (TPSA) is 12.0 Å². The summed E-state index contributed by atoms with van der Waals surface area (Å²) in [4.78, 5) is 0. The van der Waals surface area contributed by atoms with Crippen molar-refractivity contribution in [2.24, 2.45) is 0 Å². The van der Waals surface area contributed by atoms with Crippen LogP contribution in [-0.2, 0) is 6.54 Å². The molecule has 2 rings (SSSR count). The van der Waals surface area contributed by atoms with E-state index in [1.165, 1.54) is 24.8 Å². The molecule has 0 unspecified atom stereocenters. The molecule has 0 heterocycles. The maximum absolute atomic E-state index is 5.22. The average Bonchev–Trinajstić information content (AvgIpc) is 3.18. The Kier molecular flexibility index (Phi) is 4.64. The van der Waals surface area contributed by atoms with Crippen LogP contribution in [0.5, 0.6) is 0 Å². The summed E-state index contributed by atoms with van der Waals surface area (Å²) < 4.78 is 0. The second kappa shape index (κ2) is 6.47. The highest BCUT2D eigenvalue weighted by atomic mass is 14.8. The average molecular weight is 227 g/mol. The van der Waals surface area contributed by atoms with Crippen molar-refractivity contribution in [2.45, 2.75) is 44.6 Å². The van der Waals surface area contributed by atoms with E-state index in [1.807, 2.05) is 0 Å². The van der Waals surface area contributed by atoms with E-state index in [0.717, 1.165) is 31.8 Å². The molecule has 17 heavy (non-hydrogen) atoms. The Labute approximate surface area is 105 Å². The summed E-state index contributed by atoms with van der Waals surface area (Å²) in [6.45, 7) is 2.07. The minimum Gasteiger partial charge on any atom is -0.313 e.